The molecule has 0 radical (unpaired) electrons. The van der Waals surface area contributed by atoms with Crippen molar-refractivity contribution >= 4 is 5.97 Å². The number of allylic oxidation sites excluding steroid dienone is 1. The van der Waals surface area contributed by atoms with E-state index >= 15 is 0 Å². The van der Waals surface area contributed by atoms with E-state index in [1.54, 1.807) is 0 Å². The number of carbonyl (C=O) groups excluding carboxylic acids is 1. The molecular weight excluding hydrogens is 272 g/mol. The van der Waals surface area contributed by atoms with E-state index in [1.807, 2.05) is 0 Å². The third-order valence-corrected chi connectivity index (χ3v) is 9.11. The van der Waals surface area contributed by atoms with Gasteiger partial charge in [-0.3, -0.25) is 4.79 Å². The van der Waals surface area contributed by atoms with Crippen LogP contribution < -0.4 is 0 Å². The van der Waals surface area contributed by atoms with Crippen molar-refractivity contribution in [2.75, 3.05) is 0 Å². The predicted octanol–water partition coefficient (Wildman–Crippen LogP) is 4.63. The van der Waals surface area contributed by atoms with Gasteiger partial charge in [-0.1, -0.05) is 19.1 Å². The van der Waals surface area contributed by atoms with Gasteiger partial charge in [0.2, 0.25) is 0 Å². The average Bonchev–Trinajstić information content (AvgIpc) is 2.80. The molecule has 1 heterocycles. The van der Waals surface area contributed by atoms with Gasteiger partial charge < -0.3 is 4.74 Å². The van der Waals surface area contributed by atoms with Crippen LogP contribution in [0, 0.1) is 28.1 Å². The van der Waals surface area contributed by atoms with Gasteiger partial charge in [-0.25, -0.2) is 0 Å². The molecule has 5 aliphatic rings. The fraction of sp³-hybridized carbons (Fsp3) is 0.850. The molecule has 4 aliphatic carbocycles. The van der Waals surface area contributed by atoms with Crippen molar-refractivity contribution in [3.05, 3.63) is 12.2 Å². The minimum absolute atomic E-state index is 0.118. The highest BCUT2D eigenvalue weighted by atomic mass is 16.6. The Morgan fingerprint density at radius 3 is 2.77 bits per heavy atom. The third-order valence-electron chi connectivity index (χ3n) is 9.11. The summed E-state index contributed by atoms with van der Waals surface area (Å²) < 4.78 is 6.36. The summed E-state index contributed by atoms with van der Waals surface area (Å²) in [5.74, 6) is 1.32. The minimum Gasteiger partial charge on any atom is -0.458 e. The Morgan fingerprint density at radius 2 is 1.95 bits per heavy atom. The molecule has 5 rings (SSSR count). The highest BCUT2D eigenvalue weighted by Gasteiger charge is 2.77. The lowest BCUT2D eigenvalue weighted by atomic mass is 9.40. The quantitative estimate of drug-likeness (QED) is 0.481. The summed E-state index contributed by atoms with van der Waals surface area (Å²) in [7, 11) is 0. The van der Waals surface area contributed by atoms with Gasteiger partial charge in [-0.2, -0.15) is 0 Å². The highest BCUT2D eigenvalue weighted by Crippen LogP contribution is 2.77. The lowest BCUT2D eigenvalue weighted by Crippen LogP contribution is -2.65. The van der Waals surface area contributed by atoms with Crippen LogP contribution in [-0.2, 0) is 9.53 Å². The summed E-state index contributed by atoms with van der Waals surface area (Å²) in [5, 5.41) is 0. The Balaban J connectivity index is 1.69. The lowest BCUT2D eigenvalue weighted by Gasteiger charge is -2.65. The molecule has 1 aliphatic heterocycles. The summed E-state index contributed by atoms with van der Waals surface area (Å²) >= 11 is 0. The molecule has 2 heteroatoms. The van der Waals surface area contributed by atoms with Gasteiger partial charge >= 0.3 is 5.97 Å². The second kappa shape index (κ2) is 3.65. The molecule has 22 heavy (non-hydrogen) atoms. The fourth-order valence-electron chi connectivity index (χ4n) is 7.82. The molecule has 0 aromatic heterocycles. The molecule has 6 atom stereocenters. The first kappa shape index (κ1) is 13.6. The van der Waals surface area contributed by atoms with Crippen LogP contribution in [0.3, 0.4) is 0 Å². The molecular formula is C20H28O2. The molecule has 0 aromatic rings. The average molecular weight is 300 g/mol. The van der Waals surface area contributed by atoms with Crippen LogP contribution in [0.25, 0.3) is 0 Å². The van der Waals surface area contributed by atoms with Crippen LogP contribution in [0.1, 0.15) is 71.6 Å². The first-order valence-electron chi connectivity index (χ1n) is 9.28. The Bertz CT molecular complexity index is 595. The van der Waals surface area contributed by atoms with Gasteiger partial charge in [0.05, 0.1) is 5.41 Å². The van der Waals surface area contributed by atoms with E-state index in [1.165, 1.54) is 44.1 Å². The van der Waals surface area contributed by atoms with Crippen molar-refractivity contribution in [1.29, 1.82) is 0 Å². The molecule has 0 N–H and O–H groups in total. The van der Waals surface area contributed by atoms with E-state index < -0.39 is 0 Å². The number of hydrogen-bond acceptors (Lipinski definition) is 2. The van der Waals surface area contributed by atoms with Gasteiger partial charge in [0.25, 0.3) is 0 Å². The maximum absolute atomic E-state index is 12.8. The number of ether oxygens (including phenoxy) is 1. The van der Waals surface area contributed by atoms with Gasteiger partial charge in [0.15, 0.2) is 0 Å². The van der Waals surface area contributed by atoms with Crippen molar-refractivity contribution in [2.45, 2.75) is 77.2 Å². The molecule has 4 saturated carbocycles. The number of carbonyl (C=O) groups is 1. The van der Waals surface area contributed by atoms with Crippen molar-refractivity contribution in [3.8, 4) is 0 Å². The number of esters is 1. The Kier molecular flexibility index (Phi) is 2.26. The zero-order chi connectivity index (χ0) is 15.4. The second-order valence-electron chi connectivity index (χ2n) is 9.53. The number of hydrogen-bond donors (Lipinski definition) is 0. The number of fused-ring (bicyclic) bond motifs is 1. The van der Waals surface area contributed by atoms with E-state index in [4.69, 9.17) is 4.74 Å². The van der Waals surface area contributed by atoms with Crippen molar-refractivity contribution < 1.29 is 9.53 Å². The molecule has 120 valence electrons. The minimum atomic E-state index is -0.199. The standard InChI is InChI=1S/C20H28O2/c1-13-11-19-10-6-15-17(2)7-4-8-20(15,22-16(17)21)18(19,3)9-5-14(13)12-19/h14-15H,1,4-12H2,2-3H3/t14-,15-,17-,18+,19-,20+/m1/s1. The molecule has 0 aromatic carbocycles. The van der Waals surface area contributed by atoms with Crippen molar-refractivity contribution in [1.82, 2.24) is 0 Å². The van der Waals surface area contributed by atoms with Crippen LogP contribution >= 0.6 is 0 Å². The SMILES string of the molecule is C=C1C[C@@]23CC[C@@H]4[C@@]5(C)CCC[C@@]4(OC5=O)[C@@]2(C)CC[C@@H]1C3. The zero-order valence-electron chi connectivity index (χ0n) is 14.0. The van der Waals surface area contributed by atoms with E-state index in [-0.39, 0.29) is 22.4 Å². The normalized spacial score (nSPS) is 59.0. The monoisotopic (exact) mass is 300 g/mol. The number of rotatable bonds is 0. The van der Waals surface area contributed by atoms with E-state index in [2.05, 4.69) is 20.4 Å². The molecule has 4 bridgehead atoms. The second-order valence-corrected chi connectivity index (χ2v) is 9.53. The molecule has 0 amide bonds. The largest absolute Gasteiger partial charge is 0.458 e. The van der Waals surface area contributed by atoms with Crippen LogP contribution in [0.5, 0.6) is 0 Å². The Labute approximate surface area is 133 Å². The Hall–Kier alpha value is -0.790. The van der Waals surface area contributed by atoms with Gasteiger partial charge in [0.1, 0.15) is 5.60 Å². The fourth-order valence-corrected chi connectivity index (χ4v) is 7.82. The smallest absolute Gasteiger partial charge is 0.312 e. The zero-order valence-corrected chi connectivity index (χ0v) is 14.0. The molecule has 0 unspecified atom stereocenters. The van der Waals surface area contributed by atoms with Crippen molar-refractivity contribution in [3.63, 3.8) is 0 Å². The summed E-state index contributed by atoms with van der Waals surface area (Å²) in [6.45, 7) is 9.08. The van der Waals surface area contributed by atoms with Gasteiger partial charge in [-0.15, -0.1) is 0 Å². The third kappa shape index (κ3) is 1.16. The summed E-state index contributed by atoms with van der Waals surface area (Å²) in [4.78, 5) is 12.8. The lowest BCUT2D eigenvalue weighted by molar-refractivity contribution is -0.224. The Morgan fingerprint density at radius 1 is 1.14 bits per heavy atom. The van der Waals surface area contributed by atoms with Crippen LogP contribution in [-0.4, -0.2) is 11.6 Å². The van der Waals surface area contributed by atoms with E-state index in [0.29, 0.717) is 11.3 Å². The summed E-state index contributed by atoms with van der Waals surface area (Å²) in [6.07, 6.45) is 10.8. The van der Waals surface area contributed by atoms with Crippen LogP contribution in [0.2, 0.25) is 0 Å². The maximum atomic E-state index is 12.8. The summed E-state index contributed by atoms with van der Waals surface area (Å²) in [5.41, 5.74) is 1.67. The van der Waals surface area contributed by atoms with Gasteiger partial charge in [0, 0.05) is 11.3 Å². The molecule has 2 nitrogen and oxygen atoms in total. The predicted molar refractivity (Wildman–Crippen MR) is 85.1 cm³/mol. The van der Waals surface area contributed by atoms with Crippen molar-refractivity contribution in [2.24, 2.45) is 28.1 Å². The van der Waals surface area contributed by atoms with E-state index in [9.17, 15) is 4.79 Å². The topological polar surface area (TPSA) is 26.3 Å². The molecule has 1 saturated heterocycles. The highest BCUT2D eigenvalue weighted by molar-refractivity contribution is 5.81. The van der Waals surface area contributed by atoms with Gasteiger partial charge in [-0.05, 0) is 76.0 Å². The molecule has 1 spiro atoms. The molecule has 5 fully saturated rings. The maximum Gasteiger partial charge on any atom is 0.312 e. The summed E-state index contributed by atoms with van der Waals surface area (Å²) in [6, 6.07) is 0. The van der Waals surface area contributed by atoms with Crippen LogP contribution in [0.4, 0.5) is 0 Å². The van der Waals surface area contributed by atoms with E-state index in [0.717, 1.165) is 25.2 Å². The van der Waals surface area contributed by atoms with Crippen LogP contribution in [0.15, 0.2) is 12.2 Å². The first-order valence-corrected chi connectivity index (χ1v) is 9.28. The first-order chi connectivity index (χ1) is 10.4.